The number of benzene rings is 3. The van der Waals surface area contributed by atoms with E-state index in [0.717, 1.165) is 41.9 Å². The number of nitrogens with one attached hydrogen (secondary N) is 1. The Morgan fingerprint density at radius 2 is 1.69 bits per heavy atom. The van der Waals surface area contributed by atoms with Gasteiger partial charge in [0.2, 0.25) is 0 Å². The van der Waals surface area contributed by atoms with Crippen molar-refractivity contribution in [1.82, 2.24) is 4.57 Å². The summed E-state index contributed by atoms with van der Waals surface area (Å²) in [7, 11) is -7.56. The van der Waals surface area contributed by atoms with Crippen molar-refractivity contribution in [2.75, 3.05) is 17.6 Å². The molecule has 0 aliphatic rings. The predicted octanol–water partition coefficient (Wildman–Crippen LogP) is 3.35. The SMILES string of the molecule is CCOC(=O)Cn1c(=NC(=O)c2cccc(NS(=O)(=O)c3ccc(F)cc3)c2)sc2cc(S(C)(=O)=O)ccc21. The van der Waals surface area contributed by atoms with Crippen molar-refractivity contribution in [3.63, 3.8) is 0 Å². The lowest BCUT2D eigenvalue weighted by Crippen LogP contribution is -2.23. The highest BCUT2D eigenvalue weighted by atomic mass is 32.2. The Bertz CT molecular complexity index is 1860. The Kier molecular flexibility index (Phi) is 7.99. The van der Waals surface area contributed by atoms with Gasteiger partial charge in [-0.25, -0.2) is 21.2 Å². The zero-order valence-electron chi connectivity index (χ0n) is 20.6. The van der Waals surface area contributed by atoms with Crippen LogP contribution < -0.4 is 9.52 Å². The summed E-state index contributed by atoms with van der Waals surface area (Å²) in [4.78, 5) is 29.5. The average molecular weight is 592 g/mol. The first-order valence-corrected chi connectivity index (χ1v) is 15.5. The normalized spacial score (nSPS) is 12.4. The quantitative estimate of drug-likeness (QED) is 0.310. The summed E-state index contributed by atoms with van der Waals surface area (Å²) in [6.45, 7) is 1.53. The number of aromatic nitrogens is 1. The summed E-state index contributed by atoms with van der Waals surface area (Å²) in [6.07, 6.45) is 1.07. The number of nitrogens with zero attached hydrogens (tertiary/aromatic N) is 2. The third-order valence-electron chi connectivity index (χ3n) is 5.36. The van der Waals surface area contributed by atoms with Gasteiger partial charge in [0.05, 0.1) is 26.6 Å². The number of rotatable bonds is 8. The third-order valence-corrected chi connectivity index (χ3v) is 8.91. The number of fused-ring (bicyclic) bond motifs is 1. The van der Waals surface area contributed by atoms with E-state index in [1.54, 1.807) is 6.92 Å². The number of halogens is 1. The van der Waals surface area contributed by atoms with Crippen LogP contribution >= 0.6 is 11.3 Å². The summed E-state index contributed by atoms with van der Waals surface area (Å²) in [5, 5.41) is 0. The molecule has 0 saturated heterocycles. The van der Waals surface area contributed by atoms with Gasteiger partial charge in [0, 0.05) is 17.5 Å². The second-order valence-electron chi connectivity index (χ2n) is 8.23. The van der Waals surface area contributed by atoms with Gasteiger partial charge in [0.15, 0.2) is 14.6 Å². The molecule has 0 saturated carbocycles. The zero-order valence-corrected chi connectivity index (χ0v) is 23.1. The number of anilines is 1. The fourth-order valence-electron chi connectivity index (χ4n) is 3.55. The summed E-state index contributed by atoms with van der Waals surface area (Å²) in [5.41, 5.74) is 0.605. The number of ether oxygens (including phenoxy) is 1. The van der Waals surface area contributed by atoms with Crippen molar-refractivity contribution in [3.8, 4) is 0 Å². The Morgan fingerprint density at radius 1 is 1.00 bits per heavy atom. The van der Waals surface area contributed by atoms with Gasteiger partial charge in [0.25, 0.3) is 15.9 Å². The van der Waals surface area contributed by atoms with Crippen LogP contribution in [-0.4, -0.2) is 46.1 Å². The molecule has 0 radical (unpaired) electrons. The number of amides is 1. The molecular weight excluding hydrogens is 569 g/mol. The van der Waals surface area contributed by atoms with Gasteiger partial charge < -0.3 is 9.30 Å². The maximum Gasteiger partial charge on any atom is 0.326 e. The molecule has 1 N–H and O–H groups in total. The molecule has 0 aliphatic carbocycles. The Balaban J connectivity index is 1.72. The Hall–Kier alpha value is -3.88. The average Bonchev–Trinajstić information content (AvgIpc) is 3.19. The lowest BCUT2D eigenvalue weighted by Gasteiger charge is -2.09. The molecule has 0 bridgehead atoms. The largest absolute Gasteiger partial charge is 0.465 e. The minimum Gasteiger partial charge on any atom is -0.465 e. The predicted molar refractivity (Wildman–Crippen MR) is 143 cm³/mol. The highest BCUT2D eigenvalue weighted by Crippen LogP contribution is 2.23. The van der Waals surface area contributed by atoms with Crippen molar-refractivity contribution in [2.24, 2.45) is 4.99 Å². The highest BCUT2D eigenvalue weighted by Gasteiger charge is 2.17. The van der Waals surface area contributed by atoms with Crippen molar-refractivity contribution in [1.29, 1.82) is 0 Å². The minimum atomic E-state index is -4.05. The monoisotopic (exact) mass is 591 g/mol. The van der Waals surface area contributed by atoms with E-state index in [1.165, 1.54) is 47.0 Å². The second kappa shape index (κ2) is 11.1. The number of thiazole rings is 1. The number of sulfone groups is 1. The van der Waals surface area contributed by atoms with E-state index < -0.39 is 37.6 Å². The van der Waals surface area contributed by atoms with Gasteiger partial charge >= 0.3 is 5.97 Å². The van der Waals surface area contributed by atoms with Crippen molar-refractivity contribution >= 4 is 59.0 Å². The van der Waals surface area contributed by atoms with E-state index in [2.05, 4.69) is 9.71 Å². The molecule has 4 rings (SSSR count). The van der Waals surface area contributed by atoms with Crippen LogP contribution in [0, 0.1) is 5.82 Å². The number of carbonyl (C=O) groups excluding carboxylic acids is 2. The minimum absolute atomic E-state index is 0.0475. The standard InChI is InChI=1S/C25H22FN3O7S3/c1-3-36-23(30)15-29-21-12-11-20(38(2,32)33)14-22(21)37-25(29)27-24(31)16-5-4-6-18(13-16)28-39(34,35)19-9-7-17(26)8-10-19/h4-14,28H,3,15H2,1-2H3. The molecule has 1 amide bonds. The zero-order chi connectivity index (χ0) is 28.4. The van der Waals surface area contributed by atoms with Crippen molar-refractivity contribution in [2.45, 2.75) is 23.3 Å². The van der Waals surface area contributed by atoms with E-state index in [4.69, 9.17) is 4.74 Å². The van der Waals surface area contributed by atoms with Crippen LogP contribution in [-0.2, 0) is 35.9 Å². The van der Waals surface area contributed by atoms with E-state index >= 15 is 0 Å². The number of hydrogen-bond donors (Lipinski definition) is 1. The molecule has 39 heavy (non-hydrogen) atoms. The summed E-state index contributed by atoms with van der Waals surface area (Å²) in [6, 6.07) is 14.2. The van der Waals surface area contributed by atoms with Crippen LogP contribution in [0.4, 0.5) is 10.1 Å². The Morgan fingerprint density at radius 3 is 2.36 bits per heavy atom. The molecule has 1 aromatic heterocycles. The Labute approximate surface area is 227 Å². The number of hydrogen-bond acceptors (Lipinski definition) is 8. The fourth-order valence-corrected chi connectivity index (χ4v) is 6.39. The first kappa shape index (κ1) is 28.1. The first-order valence-electron chi connectivity index (χ1n) is 11.3. The third kappa shape index (κ3) is 6.58. The summed E-state index contributed by atoms with van der Waals surface area (Å²) in [5.74, 6) is -1.89. The van der Waals surface area contributed by atoms with Crippen molar-refractivity contribution in [3.05, 3.63) is 82.9 Å². The molecular formula is C25H22FN3O7S3. The number of carbonyl (C=O) groups is 2. The molecule has 0 atom stereocenters. The molecule has 4 aromatic rings. The maximum absolute atomic E-state index is 13.2. The van der Waals surface area contributed by atoms with Gasteiger partial charge in [-0.15, -0.1) is 0 Å². The van der Waals surface area contributed by atoms with E-state index in [0.29, 0.717) is 10.2 Å². The molecule has 1 heterocycles. The van der Waals surface area contributed by atoms with Crippen LogP contribution in [0.3, 0.4) is 0 Å². The fraction of sp³-hybridized carbons (Fsp3) is 0.160. The molecule has 0 unspecified atom stereocenters. The van der Waals surface area contributed by atoms with Gasteiger partial charge in [0.1, 0.15) is 12.4 Å². The summed E-state index contributed by atoms with van der Waals surface area (Å²) < 4.78 is 71.8. The highest BCUT2D eigenvalue weighted by molar-refractivity contribution is 7.92. The smallest absolute Gasteiger partial charge is 0.326 e. The van der Waals surface area contributed by atoms with Crippen LogP contribution in [0.1, 0.15) is 17.3 Å². The van der Waals surface area contributed by atoms with E-state index in [1.807, 2.05) is 0 Å². The first-order chi connectivity index (χ1) is 18.4. The van der Waals surface area contributed by atoms with Gasteiger partial charge in [-0.3, -0.25) is 14.3 Å². The van der Waals surface area contributed by atoms with Crippen LogP contribution in [0.15, 0.2) is 81.5 Å². The molecule has 14 heteroatoms. The topological polar surface area (TPSA) is 141 Å². The molecule has 10 nitrogen and oxygen atoms in total. The second-order valence-corrected chi connectivity index (χ2v) is 12.9. The number of esters is 1. The molecule has 0 fully saturated rings. The van der Waals surface area contributed by atoms with Crippen LogP contribution in [0.2, 0.25) is 0 Å². The van der Waals surface area contributed by atoms with Gasteiger partial charge in [-0.05, 0) is 67.6 Å². The van der Waals surface area contributed by atoms with Crippen LogP contribution in [0.25, 0.3) is 10.2 Å². The van der Waals surface area contributed by atoms with E-state index in [-0.39, 0.29) is 39.0 Å². The molecule has 204 valence electrons. The van der Waals surface area contributed by atoms with Crippen molar-refractivity contribution < 1.29 is 35.6 Å². The number of sulfonamides is 1. The van der Waals surface area contributed by atoms with Crippen LogP contribution in [0.5, 0.6) is 0 Å². The lowest BCUT2D eigenvalue weighted by atomic mass is 10.2. The molecule has 3 aromatic carbocycles. The maximum atomic E-state index is 13.2. The molecule has 0 aliphatic heterocycles. The van der Waals surface area contributed by atoms with Gasteiger partial charge in [-0.2, -0.15) is 4.99 Å². The summed E-state index contributed by atoms with van der Waals surface area (Å²) >= 11 is 1.01. The van der Waals surface area contributed by atoms with E-state index in [9.17, 15) is 30.8 Å². The molecule has 0 spiro atoms. The van der Waals surface area contributed by atoms with Gasteiger partial charge in [-0.1, -0.05) is 17.4 Å². The lowest BCUT2D eigenvalue weighted by molar-refractivity contribution is -0.143.